The second-order valence-corrected chi connectivity index (χ2v) is 4.43. The third kappa shape index (κ3) is 2.56. The van der Waals surface area contributed by atoms with Crippen LogP contribution < -0.4 is 5.32 Å². The van der Waals surface area contributed by atoms with Gasteiger partial charge in [0, 0.05) is 23.0 Å². The van der Waals surface area contributed by atoms with E-state index in [1.54, 1.807) is 23.7 Å². The lowest BCUT2D eigenvalue weighted by molar-refractivity contribution is -0.139. The van der Waals surface area contributed by atoms with E-state index in [1.807, 2.05) is 12.1 Å². The number of esters is 1. The number of nitrogens with one attached hydrogen (secondary N) is 1. The van der Waals surface area contributed by atoms with E-state index in [0.29, 0.717) is 10.7 Å². The van der Waals surface area contributed by atoms with Crippen molar-refractivity contribution in [1.82, 2.24) is 9.88 Å². The van der Waals surface area contributed by atoms with Crippen molar-refractivity contribution < 1.29 is 14.3 Å². The molecular formula is C13H13ClN2O3. The quantitative estimate of drug-likeness (QED) is 0.871. The van der Waals surface area contributed by atoms with Crippen molar-refractivity contribution in [2.75, 3.05) is 13.7 Å². The number of aromatic nitrogens is 1. The first-order chi connectivity index (χ1) is 9.04. The van der Waals surface area contributed by atoms with E-state index < -0.39 is 5.97 Å². The van der Waals surface area contributed by atoms with Gasteiger partial charge in [-0.1, -0.05) is 17.7 Å². The molecule has 0 atom stereocenters. The topological polar surface area (TPSA) is 60.3 Å². The van der Waals surface area contributed by atoms with Gasteiger partial charge in [0.15, 0.2) is 0 Å². The lowest BCUT2D eigenvalue weighted by Crippen LogP contribution is -2.31. The van der Waals surface area contributed by atoms with E-state index in [-0.39, 0.29) is 12.5 Å². The van der Waals surface area contributed by atoms with Gasteiger partial charge in [-0.3, -0.25) is 9.59 Å². The highest BCUT2D eigenvalue weighted by atomic mass is 35.5. The number of amides is 1. The Balaban J connectivity index is 2.30. The summed E-state index contributed by atoms with van der Waals surface area (Å²) in [6.07, 6.45) is 0. The van der Waals surface area contributed by atoms with Crippen molar-refractivity contribution in [3.63, 3.8) is 0 Å². The second-order valence-electron chi connectivity index (χ2n) is 4.02. The molecule has 1 aromatic carbocycles. The Kier molecular flexibility index (Phi) is 3.76. The first kappa shape index (κ1) is 13.4. The molecule has 1 N–H and O–H groups in total. The molecule has 2 aromatic rings. The van der Waals surface area contributed by atoms with Crippen LogP contribution in [0.25, 0.3) is 10.9 Å². The maximum absolute atomic E-state index is 12.0. The molecule has 0 fully saturated rings. The fourth-order valence-electron chi connectivity index (χ4n) is 1.86. The highest BCUT2D eigenvalue weighted by molar-refractivity contribution is 6.35. The minimum Gasteiger partial charge on any atom is -0.468 e. The number of nitrogens with zero attached hydrogens (tertiary/aromatic N) is 1. The van der Waals surface area contributed by atoms with E-state index in [2.05, 4.69) is 10.1 Å². The Hall–Kier alpha value is -2.01. The van der Waals surface area contributed by atoms with Gasteiger partial charge in [-0.25, -0.2) is 0 Å². The smallest absolute Gasteiger partial charge is 0.325 e. The average Bonchev–Trinajstić information content (AvgIpc) is 2.75. The van der Waals surface area contributed by atoms with Crippen LogP contribution in [0.1, 0.15) is 10.5 Å². The van der Waals surface area contributed by atoms with Gasteiger partial charge in [-0.05, 0) is 18.2 Å². The van der Waals surface area contributed by atoms with Crippen LogP contribution in [0, 0.1) is 0 Å². The zero-order valence-corrected chi connectivity index (χ0v) is 11.3. The highest BCUT2D eigenvalue weighted by Gasteiger charge is 2.15. The van der Waals surface area contributed by atoms with Gasteiger partial charge in [0.25, 0.3) is 5.91 Å². The van der Waals surface area contributed by atoms with Gasteiger partial charge in [0.1, 0.15) is 12.2 Å². The minimum absolute atomic E-state index is 0.162. The van der Waals surface area contributed by atoms with Crippen molar-refractivity contribution >= 4 is 34.4 Å². The van der Waals surface area contributed by atoms with Crippen molar-refractivity contribution in [2.24, 2.45) is 7.05 Å². The maximum Gasteiger partial charge on any atom is 0.325 e. The first-order valence-corrected chi connectivity index (χ1v) is 6.01. The highest BCUT2D eigenvalue weighted by Crippen LogP contribution is 2.26. The Morgan fingerprint density at radius 2 is 2.16 bits per heavy atom. The molecule has 1 aromatic heterocycles. The van der Waals surface area contributed by atoms with Crippen LogP contribution in [-0.2, 0) is 16.6 Å². The Labute approximate surface area is 115 Å². The second kappa shape index (κ2) is 5.32. The van der Waals surface area contributed by atoms with E-state index in [0.717, 1.165) is 10.9 Å². The van der Waals surface area contributed by atoms with Crippen LogP contribution in [0.3, 0.4) is 0 Å². The number of carbonyl (C=O) groups is 2. The fourth-order valence-corrected chi connectivity index (χ4v) is 2.08. The molecule has 0 radical (unpaired) electrons. The number of rotatable bonds is 3. The van der Waals surface area contributed by atoms with Gasteiger partial charge < -0.3 is 14.6 Å². The number of benzene rings is 1. The summed E-state index contributed by atoms with van der Waals surface area (Å²) in [5.74, 6) is -0.842. The predicted molar refractivity (Wildman–Crippen MR) is 72.3 cm³/mol. The number of fused-ring (bicyclic) bond motifs is 1. The normalized spacial score (nSPS) is 10.5. The molecule has 0 aliphatic carbocycles. The van der Waals surface area contributed by atoms with Crippen molar-refractivity contribution in [3.05, 3.63) is 35.0 Å². The van der Waals surface area contributed by atoms with Crippen molar-refractivity contribution in [3.8, 4) is 0 Å². The summed E-state index contributed by atoms with van der Waals surface area (Å²) in [6.45, 7) is -0.162. The largest absolute Gasteiger partial charge is 0.468 e. The first-order valence-electron chi connectivity index (χ1n) is 5.63. The predicted octanol–water partition coefficient (Wildman–Crippen LogP) is 1.73. The molecule has 1 heterocycles. The molecule has 0 bridgehead atoms. The lowest BCUT2D eigenvalue weighted by atomic mass is 10.2. The molecule has 6 heteroatoms. The average molecular weight is 281 g/mol. The summed E-state index contributed by atoms with van der Waals surface area (Å²) in [5, 5.41) is 3.88. The van der Waals surface area contributed by atoms with Gasteiger partial charge in [0.2, 0.25) is 0 Å². The van der Waals surface area contributed by atoms with Crippen LogP contribution >= 0.6 is 11.6 Å². The molecule has 2 rings (SSSR count). The minimum atomic E-state index is -0.495. The van der Waals surface area contributed by atoms with Crippen molar-refractivity contribution in [1.29, 1.82) is 0 Å². The molecule has 0 saturated heterocycles. The molecule has 0 unspecified atom stereocenters. The van der Waals surface area contributed by atoms with Crippen LogP contribution in [0.15, 0.2) is 24.3 Å². The molecule has 0 aliphatic rings. The molecule has 0 spiro atoms. The van der Waals surface area contributed by atoms with Crippen molar-refractivity contribution in [2.45, 2.75) is 0 Å². The molecular weight excluding hydrogens is 268 g/mol. The zero-order valence-electron chi connectivity index (χ0n) is 10.6. The standard InChI is InChI=1S/C13H13ClN2O3/c1-16-10-5-3-4-9(14)8(10)6-11(16)13(18)15-7-12(17)19-2/h3-6H,7H2,1-2H3,(H,15,18). The number of hydrogen-bond donors (Lipinski definition) is 1. The summed E-state index contributed by atoms with van der Waals surface area (Å²) >= 11 is 6.08. The molecule has 0 saturated carbocycles. The number of methoxy groups -OCH3 is 1. The van der Waals surface area contributed by atoms with E-state index in [9.17, 15) is 9.59 Å². The third-order valence-electron chi connectivity index (χ3n) is 2.89. The number of carbonyl (C=O) groups excluding carboxylic acids is 2. The van der Waals surface area contributed by atoms with Gasteiger partial charge in [-0.15, -0.1) is 0 Å². The number of ether oxygens (including phenoxy) is 1. The number of halogens is 1. The van der Waals surface area contributed by atoms with Crippen LogP contribution in [0.2, 0.25) is 5.02 Å². The molecule has 5 nitrogen and oxygen atoms in total. The summed E-state index contributed by atoms with van der Waals surface area (Å²) in [5.41, 5.74) is 1.29. The van der Waals surface area contributed by atoms with Crippen LogP contribution in [0.4, 0.5) is 0 Å². The zero-order chi connectivity index (χ0) is 14.0. The Bertz CT molecular complexity index is 649. The molecule has 100 valence electrons. The number of aryl methyl sites for hydroxylation is 1. The van der Waals surface area contributed by atoms with Crippen LogP contribution in [-0.4, -0.2) is 30.1 Å². The monoisotopic (exact) mass is 280 g/mol. The lowest BCUT2D eigenvalue weighted by Gasteiger charge is -2.05. The fraction of sp³-hybridized carbons (Fsp3) is 0.231. The molecule has 1 amide bonds. The van der Waals surface area contributed by atoms with Crippen LogP contribution in [0.5, 0.6) is 0 Å². The maximum atomic E-state index is 12.0. The third-order valence-corrected chi connectivity index (χ3v) is 3.22. The summed E-state index contributed by atoms with van der Waals surface area (Å²) in [6, 6.07) is 7.16. The number of hydrogen-bond acceptors (Lipinski definition) is 3. The van der Waals surface area contributed by atoms with E-state index in [4.69, 9.17) is 11.6 Å². The Morgan fingerprint density at radius 3 is 2.79 bits per heavy atom. The SMILES string of the molecule is COC(=O)CNC(=O)c1cc2c(Cl)cccc2n1C. The Morgan fingerprint density at radius 1 is 1.42 bits per heavy atom. The summed E-state index contributed by atoms with van der Waals surface area (Å²) in [4.78, 5) is 23.0. The van der Waals surface area contributed by atoms with E-state index >= 15 is 0 Å². The van der Waals surface area contributed by atoms with Gasteiger partial charge in [0.05, 0.1) is 7.11 Å². The van der Waals surface area contributed by atoms with E-state index in [1.165, 1.54) is 7.11 Å². The molecule has 0 aliphatic heterocycles. The summed E-state index contributed by atoms with van der Waals surface area (Å²) < 4.78 is 6.19. The summed E-state index contributed by atoms with van der Waals surface area (Å²) in [7, 11) is 3.04. The van der Waals surface area contributed by atoms with Gasteiger partial charge in [-0.2, -0.15) is 0 Å². The van der Waals surface area contributed by atoms with Gasteiger partial charge >= 0.3 is 5.97 Å². The molecule has 19 heavy (non-hydrogen) atoms.